The standard InChI is InChI=1S/C19H22ClNO2/c1-14(2)23-18-5-3-4-16(12-18)13-21-19(22)11-8-15-6-9-17(20)10-7-15/h3-7,9-10,12,14H,8,11,13H2,1-2H3,(H,21,22). The van der Waals surface area contributed by atoms with Crippen LogP contribution in [0.4, 0.5) is 0 Å². The van der Waals surface area contributed by atoms with Crippen LogP contribution in [0.3, 0.4) is 0 Å². The maximum absolute atomic E-state index is 12.0. The number of ether oxygens (including phenoxy) is 1. The molecule has 1 N–H and O–H groups in total. The minimum Gasteiger partial charge on any atom is -0.491 e. The zero-order valence-electron chi connectivity index (χ0n) is 13.5. The second-order valence-electron chi connectivity index (χ2n) is 5.72. The van der Waals surface area contributed by atoms with Gasteiger partial charge >= 0.3 is 0 Å². The highest BCUT2D eigenvalue weighted by Crippen LogP contribution is 2.15. The van der Waals surface area contributed by atoms with Crippen LogP contribution in [-0.2, 0) is 17.8 Å². The minimum atomic E-state index is 0.0372. The predicted octanol–water partition coefficient (Wildman–Crippen LogP) is 4.38. The Balaban J connectivity index is 1.78. The van der Waals surface area contributed by atoms with Crippen LogP contribution in [0.25, 0.3) is 0 Å². The van der Waals surface area contributed by atoms with Crippen LogP contribution >= 0.6 is 11.6 Å². The highest BCUT2D eigenvalue weighted by atomic mass is 35.5. The second-order valence-corrected chi connectivity index (χ2v) is 6.15. The first-order valence-corrected chi connectivity index (χ1v) is 8.17. The zero-order valence-corrected chi connectivity index (χ0v) is 14.3. The van der Waals surface area contributed by atoms with Crippen molar-refractivity contribution in [2.24, 2.45) is 0 Å². The molecule has 2 rings (SSSR count). The van der Waals surface area contributed by atoms with Crippen molar-refractivity contribution in [3.8, 4) is 5.75 Å². The summed E-state index contributed by atoms with van der Waals surface area (Å²) in [4.78, 5) is 12.0. The second kappa shape index (κ2) is 8.59. The normalized spacial score (nSPS) is 10.6. The molecule has 0 aromatic heterocycles. The molecule has 23 heavy (non-hydrogen) atoms. The molecule has 0 saturated heterocycles. The molecule has 0 atom stereocenters. The molecule has 0 fully saturated rings. The van der Waals surface area contributed by atoms with Crippen LogP contribution in [-0.4, -0.2) is 12.0 Å². The van der Waals surface area contributed by atoms with Gasteiger partial charge in [-0.3, -0.25) is 4.79 Å². The summed E-state index contributed by atoms with van der Waals surface area (Å²) in [6.45, 7) is 4.49. The van der Waals surface area contributed by atoms with Crippen molar-refractivity contribution in [2.75, 3.05) is 0 Å². The van der Waals surface area contributed by atoms with Gasteiger partial charge in [0.05, 0.1) is 6.10 Å². The largest absolute Gasteiger partial charge is 0.491 e. The van der Waals surface area contributed by atoms with Crippen LogP contribution < -0.4 is 10.1 Å². The Morgan fingerprint density at radius 2 is 1.87 bits per heavy atom. The molecule has 0 unspecified atom stereocenters. The Labute approximate surface area is 142 Å². The van der Waals surface area contributed by atoms with E-state index >= 15 is 0 Å². The van der Waals surface area contributed by atoms with Crippen LogP contribution in [0.5, 0.6) is 5.75 Å². The lowest BCUT2D eigenvalue weighted by Gasteiger charge is -2.11. The number of halogens is 1. The average molecular weight is 332 g/mol. The van der Waals surface area contributed by atoms with Gasteiger partial charge in [-0.1, -0.05) is 35.9 Å². The van der Waals surface area contributed by atoms with Crippen molar-refractivity contribution in [2.45, 2.75) is 39.3 Å². The van der Waals surface area contributed by atoms with Gasteiger partial charge in [0.2, 0.25) is 5.91 Å². The Bertz CT molecular complexity index is 638. The SMILES string of the molecule is CC(C)Oc1cccc(CNC(=O)CCc2ccc(Cl)cc2)c1. The number of nitrogens with one attached hydrogen (secondary N) is 1. The van der Waals surface area contributed by atoms with Crippen LogP contribution in [0.15, 0.2) is 48.5 Å². The summed E-state index contributed by atoms with van der Waals surface area (Å²) >= 11 is 5.85. The van der Waals surface area contributed by atoms with Gasteiger partial charge in [-0.05, 0) is 55.7 Å². The smallest absolute Gasteiger partial charge is 0.220 e. The number of rotatable bonds is 7. The quantitative estimate of drug-likeness (QED) is 0.817. The molecule has 122 valence electrons. The van der Waals surface area contributed by atoms with Gasteiger partial charge in [0.15, 0.2) is 0 Å². The molecule has 0 aliphatic carbocycles. The summed E-state index contributed by atoms with van der Waals surface area (Å²) in [5, 5.41) is 3.65. The maximum atomic E-state index is 12.0. The Kier molecular flexibility index (Phi) is 6.48. The fourth-order valence-electron chi connectivity index (χ4n) is 2.20. The summed E-state index contributed by atoms with van der Waals surface area (Å²) < 4.78 is 5.65. The molecule has 3 nitrogen and oxygen atoms in total. The van der Waals surface area contributed by atoms with Gasteiger partial charge in [0, 0.05) is 18.0 Å². The van der Waals surface area contributed by atoms with E-state index in [4.69, 9.17) is 16.3 Å². The number of hydrogen-bond donors (Lipinski definition) is 1. The van der Waals surface area contributed by atoms with E-state index in [1.807, 2.05) is 62.4 Å². The molecular weight excluding hydrogens is 310 g/mol. The maximum Gasteiger partial charge on any atom is 0.220 e. The van der Waals surface area contributed by atoms with E-state index in [0.29, 0.717) is 24.4 Å². The molecule has 2 aromatic rings. The molecule has 2 aromatic carbocycles. The van der Waals surface area contributed by atoms with Crippen LogP contribution in [0.1, 0.15) is 31.4 Å². The fourth-order valence-corrected chi connectivity index (χ4v) is 2.32. The third-order valence-corrected chi connectivity index (χ3v) is 3.57. The Morgan fingerprint density at radius 1 is 1.13 bits per heavy atom. The molecular formula is C19H22ClNO2. The van der Waals surface area contributed by atoms with Crippen molar-refractivity contribution in [3.05, 3.63) is 64.7 Å². The Morgan fingerprint density at radius 3 is 2.57 bits per heavy atom. The molecule has 0 aliphatic heterocycles. The number of hydrogen-bond acceptors (Lipinski definition) is 2. The van der Waals surface area contributed by atoms with E-state index in [1.165, 1.54) is 0 Å². The highest BCUT2D eigenvalue weighted by Gasteiger charge is 2.04. The van der Waals surface area contributed by atoms with Crippen molar-refractivity contribution in [1.82, 2.24) is 5.32 Å². The van der Waals surface area contributed by atoms with Gasteiger partial charge in [-0.25, -0.2) is 0 Å². The van der Waals surface area contributed by atoms with E-state index in [9.17, 15) is 4.79 Å². The first kappa shape index (κ1) is 17.4. The summed E-state index contributed by atoms with van der Waals surface area (Å²) in [5.74, 6) is 0.864. The molecule has 0 saturated carbocycles. The lowest BCUT2D eigenvalue weighted by atomic mass is 10.1. The van der Waals surface area contributed by atoms with Crippen molar-refractivity contribution in [1.29, 1.82) is 0 Å². The van der Waals surface area contributed by atoms with Crippen molar-refractivity contribution >= 4 is 17.5 Å². The third-order valence-electron chi connectivity index (χ3n) is 3.31. The number of benzene rings is 2. The van der Waals surface area contributed by atoms with Gasteiger partial charge in [0.1, 0.15) is 5.75 Å². The summed E-state index contributed by atoms with van der Waals surface area (Å²) in [7, 11) is 0. The van der Waals surface area contributed by atoms with E-state index in [1.54, 1.807) is 0 Å². The van der Waals surface area contributed by atoms with Crippen LogP contribution in [0.2, 0.25) is 5.02 Å². The highest BCUT2D eigenvalue weighted by molar-refractivity contribution is 6.30. The number of amides is 1. The molecule has 4 heteroatoms. The molecule has 0 radical (unpaired) electrons. The van der Waals surface area contributed by atoms with Gasteiger partial charge in [0.25, 0.3) is 0 Å². The third kappa shape index (κ3) is 6.33. The molecule has 0 spiro atoms. The summed E-state index contributed by atoms with van der Waals surface area (Å²) in [5.41, 5.74) is 2.14. The first-order valence-electron chi connectivity index (χ1n) is 7.79. The van der Waals surface area contributed by atoms with Gasteiger partial charge in [-0.2, -0.15) is 0 Å². The number of carbonyl (C=O) groups is 1. The topological polar surface area (TPSA) is 38.3 Å². The number of carbonyl (C=O) groups excluding carboxylic acids is 1. The van der Waals surface area contributed by atoms with E-state index in [2.05, 4.69) is 5.32 Å². The van der Waals surface area contributed by atoms with E-state index in [0.717, 1.165) is 16.9 Å². The predicted molar refractivity (Wildman–Crippen MR) is 93.8 cm³/mol. The summed E-state index contributed by atoms with van der Waals surface area (Å²) in [6.07, 6.45) is 1.31. The molecule has 0 aliphatic rings. The zero-order chi connectivity index (χ0) is 16.7. The molecule has 0 bridgehead atoms. The van der Waals surface area contributed by atoms with Crippen molar-refractivity contribution in [3.63, 3.8) is 0 Å². The van der Waals surface area contributed by atoms with Gasteiger partial charge in [-0.15, -0.1) is 0 Å². The monoisotopic (exact) mass is 331 g/mol. The number of aryl methyl sites for hydroxylation is 1. The summed E-state index contributed by atoms with van der Waals surface area (Å²) in [6, 6.07) is 15.4. The van der Waals surface area contributed by atoms with Crippen molar-refractivity contribution < 1.29 is 9.53 Å². The van der Waals surface area contributed by atoms with Gasteiger partial charge < -0.3 is 10.1 Å². The van der Waals surface area contributed by atoms with E-state index in [-0.39, 0.29) is 12.0 Å². The molecule has 1 amide bonds. The fraction of sp³-hybridized carbons (Fsp3) is 0.316. The van der Waals surface area contributed by atoms with Crippen LogP contribution in [0, 0.1) is 0 Å². The molecule has 0 heterocycles. The minimum absolute atomic E-state index is 0.0372. The Hall–Kier alpha value is -2.00. The van der Waals surface area contributed by atoms with E-state index < -0.39 is 0 Å². The first-order chi connectivity index (χ1) is 11.0. The lowest BCUT2D eigenvalue weighted by molar-refractivity contribution is -0.121. The average Bonchev–Trinajstić information content (AvgIpc) is 2.52. The lowest BCUT2D eigenvalue weighted by Crippen LogP contribution is -2.23.